The Hall–Kier alpha value is -2.47. The highest BCUT2D eigenvalue weighted by Crippen LogP contribution is 2.27. The first kappa shape index (κ1) is 15.4. The SMILES string of the molecule is Cc1cc2c(NCC(=O)Nc3c(C)cccc3C)ncnc2s1. The molecule has 0 saturated carbocycles. The van der Waals surface area contributed by atoms with Gasteiger partial charge in [-0.05, 0) is 38.0 Å². The van der Waals surface area contributed by atoms with Gasteiger partial charge in [-0.2, -0.15) is 0 Å². The van der Waals surface area contributed by atoms with E-state index < -0.39 is 0 Å². The van der Waals surface area contributed by atoms with E-state index in [1.54, 1.807) is 11.3 Å². The number of carbonyl (C=O) groups excluding carboxylic acids is 1. The minimum Gasteiger partial charge on any atom is -0.360 e. The van der Waals surface area contributed by atoms with Crippen molar-refractivity contribution in [1.29, 1.82) is 0 Å². The minimum atomic E-state index is -0.0962. The van der Waals surface area contributed by atoms with Crippen LogP contribution in [0.15, 0.2) is 30.6 Å². The summed E-state index contributed by atoms with van der Waals surface area (Å²) in [5.41, 5.74) is 2.98. The van der Waals surface area contributed by atoms with Gasteiger partial charge >= 0.3 is 0 Å². The Labute approximate surface area is 138 Å². The molecule has 0 aliphatic rings. The zero-order valence-electron chi connectivity index (χ0n) is 13.3. The summed E-state index contributed by atoms with van der Waals surface area (Å²) >= 11 is 1.62. The van der Waals surface area contributed by atoms with E-state index in [-0.39, 0.29) is 12.5 Å². The van der Waals surface area contributed by atoms with Crippen LogP contribution >= 0.6 is 11.3 Å². The molecule has 2 aromatic heterocycles. The molecule has 2 heterocycles. The van der Waals surface area contributed by atoms with Crippen LogP contribution in [-0.2, 0) is 4.79 Å². The maximum absolute atomic E-state index is 12.2. The molecule has 0 aliphatic heterocycles. The molecule has 0 atom stereocenters. The highest BCUT2D eigenvalue weighted by molar-refractivity contribution is 7.18. The first-order chi connectivity index (χ1) is 11.0. The fourth-order valence-corrected chi connectivity index (χ4v) is 3.32. The Bertz CT molecular complexity index is 852. The molecule has 1 amide bonds. The van der Waals surface area contributed by atoms with Gasteiger partial charge in [0.2, 0.25) is 5.91 Å². The van der Waals surface area contributed by atoms with Gasteiger partial charge in [-0.1, -0.05) is 18.2 Å². The van der Waals surface area contributed by atoms with E-state index in [1.165, 1.54) is 11.2 Å². The summed E-state index contributed by atoms with van der Waals surface area (Å²) < 4.78 is 0. The number of rotatable bonds is 4. The van der Waals surface area contributed by atoms with Crippen molar-refractivity contribution >= 4 is 39.0 Å². The molecule has 3 rings (SSSR count). The number of nitrogens with one attached hydrogen (secondary N) is 2. The number of benzene rings is 1. The predicted molar refractivity (Wildman–Crippen MR) is 95.2 cm³/mol. The van der Waals surface area contributed by atoms with Gasteiger partial charge in [-0.25, -0.2) is 9.97 Å². The smallest absolute Gasteiger partial charge is 0.243 e. The van der Waals surface area contributed by atoms with Crippen LogP contribution in [-0.4, -0.2) is 22.4 Å². The van der Waals surface area contributed by atoms with Crippen molar-refractivity contribution < 1.29 is 4.79 Å². The molecule has 0 bridgehead atoms. The number of amides is 1. The van der Waals surface area contributed by atoms with Crippen molar-refractivity contribution in [2.45, 2.75) is 20.8 Å². The van der Waals surface area contributed by atoms with E-state index in [1.807, 2.05) is 45.0 Å². The number of aryl methyl sites for hydroxylation is 3. The largest absolute Gasteiger partial charge is 0.360 e. The molecule has 6 heteroatoms. The lowest BCUT2D eigenvalue weighted by molar-refractivity contribution is -0.114. The molecule has 1 aromatic carbocycles. The van der Waals surface area contributed by atoms with Crippen LogP contribution in [0.4, 0.5) is 11.5 Å². The van der Waals surface area contributed by atoms with E-state index in [2.05, 4.69) is 20.6 Å². The van der Waals surface area contributed by atoms with E-state index in [9.17, 15) is 4.79 Å². The molecule has 0 spiro atoms. The molecule has 0 aliphatic carbocycles. The summed E-state index contributed by atoms with van der Waals surface area (Å²) in [6, 6.07) is 7.98. The van der Waals surface area contributed by atoms with E-state index >= 15 is 0 Å². The number of fused-ring (bicyclic) bond motifs is 1. The maximum atomic E-state index is 12.2. The van der Waals surface area contributed by atoms with Crippen molar-refractivity contribution in [3.8, 4) is 0 Å². The summed E-state index contributed by atoms with van der Waals surface area (Å²) in [6.07, 6.45) is 1.52. The lowest BCUT2D eigenvalue weighted by atomic mass is 10.1. The van der Waals surface area contributed by atoms with Crippen LogP contribution in [0.3, 0.4) is 0 Å². The fourth-order valence-electron chi connectivity index (χ4n) is 2.48. The third kappa shape index (κ3) is 3.32. The van der Waals surface area contributed by atoms with Gasteiger partial charge in [0.25, 0.3) is 0 Å². The van der Waals surface area contributed by atoms with Gasteiger partial charge in [-0.3, -0.25) is 4.79 Å². The minimum absolute atomic E-state index is 0.0962. The predicted octanol–water partition coefficient (Wildman–Crippen LogP) is 3.67. The second-order valence-corrected chi connectivity index (χ2v) is 6.70. The fraction of sp³-hybridized carbons (Fsp3) is 0.235. The summed E-state index contributed by atoms with van der Waals surface area (Å²) in [5, 5.41) is 7.02. The summed E-state index contributed by atoms with van der Waals surface area (Å²) in [6.45, 7) is 6.16. The van der Waals surface area contributed by atoms with Crippen LogP contribution in [0.1, 0.15) is 16.0 Å². The number of carbonyl (C=O) groups is 1. The number of thiophene rings is 1. The lowest BCUT2D eigenvalue weighted by Gasteiger charge is -2.12. The second-order valence-electron chi connectivity index (χ2n) is 5.47. The summed E-state index contributed by atoms with van der Waals surface area (Å²) in [7, 11) is 0. The Morgan fingerprint density at radius 2 is 1.91 bits per heavy atom. The topological polar surface area (TPSA) is 66.9 Å². The average Bonchev–Trinajstić information content (AvgIpc) is 2.89. The molecule has 23 heavy (non-hydrogen) atoms. The number of anilines is 2. The Kier molecular flexibility index (Phi) is 4.25. The Morgan fingerprint density at radius 3 is 2.65 bits per heavy atom. The van der Waals surface area contributed by atoms with E-state index in [0.29, 0.717) is 5.82 Å². The molecule has 3 aromatic rings. The summed E-state index contributed by atoms with van der Waals surface area (Å²) in [5.74, 6) is 0.595. The molecule has 118 valence electrons. The van der Waals surface area contributed by atoms with E-state index in [4.69, 9.17) is 0 Å². The second kappa shape index (κ2) is 6.34. The number of hydrogen-bond donors (Lipinski definition) is 2. The first-order valence-electron chi connectivity index (χ1n) is 7.35. The Balaban J connectivity index is 1.71. The van der Waals surface area contributed by atoms with Gasteiger partial charge in [0.15, 0.2) is 0 Å². The van der Waals surface area contributed by atoms with E-state index in [0.717, 1.165) is 27.0 Å². The quantitative estimate of drug-likeness (QED) is 0.768. The van der Waals surface area contributed by atoms with Gasteiger partial charge in [0.1, 0.15) is 17.0 Å². The molecule has 0 radical (unpaired) electrons. The average molecular weight is 326 g/mol. The van der Waals surface area contributed by atoms with Gasteiger partial charge in [-0.15, -0.1) is 11.3 Å². The van der Waals surface area contributed by atoms with Crippen LogP contribution < -0.4 is 10.6 Å². The third-order valence-electron chi connectivity index (χ3n) is 3.61. The molecule has 0 fully saturated rings. The first-order valence-corrected chi connectivity index (χ1v) is 8.17. The van der Waals surface area contributed by atoms with Crippen molar-refractivity contribution in [1.82, 2.24) is 9.97 Å². The van der Waals surface area contributed by atoms with Crippen molar-refractivity contribution in [2.75, 3.05) is 17.2 Å². The van der Waals surface area contributed by atoms with Crippen molar-refractivity contribution in [2.24, 2.45) is 0 Å². The molecule has 2 N–H and O–H groups in total. The monoisotopic (exact) mass is 326 g/mol. The molecule has 5 nitrogen and oxygen atoms in total. The number of nitrogens with zero attached hydrogens (tertiary/aromatic N) is 2. The Morgan fingerprint density at radius 1 is 1.17 bits per heavy atom. The highest BCUT2D eigenvalue weighted by Gasteiger charge is 2.10. The highest BCUT2D eigenvalue weighted by atomic mass is 32.1. The van der Waals surface area contributed by atoms with Gasteiger partial charge < -0.3 is 10.6 Å². The maximum Gasteiger partial charge on any atom is 0.243 e. The van der Waals surface area contributed by atoms with Gasteiger partial charge in [0, 0.05) is 10.6 Å². The lowest BCUT2D eigenvalue weighted by Crippen LogP contribution is -2.23. The number of hydrogen-bond acceptors (Lipinski definition) is 5. The van der Waals surface area contributed by atoms with Gasteiger partial charge in [0.05, 0.1) is 11.9 Å². The molecular formula is C17H18N4OS. The number of aromatic nitrogens is 2. The van der Waals surface area contributed by atoms with Crippen LogP contribution in [0.2, 0.25) is 0 Å². The van der Waals surface area contributed by atoms with Crippen LogP contribution in [0.5, 0.6) is 0 Å². The zero-order valence-corrected chi connectivity index (χ0v) is 14.1. The normalized spacial score (nSPS) is 10.7. The van der Waals surface area contributed by atoms with Crippen LogP contribution in [0, 0.1) is 20.8 Å². The standard InChI is InChI=1S/C17H18N4OS/c1-10-5-4-6-11(2)15(10)21-14(22)8-18-16-13-7-12(3)23-17(13)20-9-19-16/h4-7,9H,8H2,1-3H3,(H,21,22)(H,18,19,20). The van der Waals surface area contributed by atoms with Crippen molar-refractivity contribution in [3.05, 3.63) is 46.6 Å². The number of para-hydroxylation sites is 1. The summed E-state index contributed by atoms with van der Waals surface area (Å²) in [4.78, 5) is 22.8. The zero-order chi connectivity index (χ0) is 16.4. The van der Waals surface area contributed by atoms with Crippen LogP contribution in [0.25, 0.3) is 10.2 Å². The van der Waals surface area contributed by atoms with Crippen molar-refractivity contribution in [3.63, 3.8) is 0 Å². The molecular weight excluding hydrogens is 308 g/mol. The molecule has 0 saturated heterocycles. The third-order valence-corrected chi connectivity index (χ3v) is 4.57. The molecule has 0 unspecified atom stereocenters.